The lowest BCUT2D eigenvalue weighted by atomic mass is 10.2. The van der Waals surface area contributed by atoms with Crippen molar-refractivity contribution in [3.63, 3.8) is 0 Å². The van der Waals surface area contributed by atoms with E-state index in [9.17, 15) is 4.79 Å². The van der Waals surface area contributed by atoms with Gasteiger partial charge in [-0.25, -0.2) is 4.98 Å². The molecule has 1 amide bonds. The summed E-state index contributed by atoms with van der Waals surface area (Å²) in [6.45, 7) is 5.54. The second kappa shape index (κ2) is 5.87. The van der Waals surface area contributed by atoms with Crippen LogP contribution in [0.1, 0.15) is 27.4 Å². The molecule has 3 N–H and O–H groups in total. The second-order valence-electron chi connectivity index (χ2n) is 4.74. The molecule has 0 radical (unpaired) electrons. The largest absolute Gasteiger partial charge is 0.346 e. The van der Waals surface area contributed by atoms with Crippen molar-refractivity contribution in [2.75, 3.05) is 6.54 Å². The predicted molar refractivity (Wildman–Crippen MR) is 75.1 cm³/mol. The van der Waals surface area contributed by atoms with Crippen molar-refractivity contribution >= 4 is 5.91 Å². The molecule has 0 aliphatic carbocycles. The monoisotopic (exact) mass is 276 g/mol. The number of imidazole rings is 1. The summed E-state index contributed by atoms with van der Waals surface area (Å²) in [4.78, 5) is 16.1. The van der Waals surface area contributed by atoms with Gasteiger partial charge < -0.3 is 15.6 Å². The molecule has 2 aromatic rings. The topological polar surface area (TPSA) is 90.8 Å². The Balaban J connectivity index is 2.01. The van der Waals surface area contributed by atoms with Crippen molar-refractivity contribution < 1.29 is 4.79 Å². The number of aryl methyl sites for hydroxylation is 2. The zero-order valence-electron chi connectivity index (χ0n) is 12.1. The Morgan fingerprint density at radius 1 is 1.45 bits per heavy atom. The Kier molecular flexibility index (Phi) is 4.19. The third-order valence-corrected chi connectivity index (χ3v) is 3.34. The number of nitrogens with two attached hydrogens (primary N) is 1. The van der Waals surface area contributed by atoms with Crippen LogP contribution in [0, 0.1) is 13.8 Å². The minimum Gasteiger partial charge on any atom is -0.346 e. The number of hydrogen-bond donors (Lipinski definition) is 2. The lowest BCUT2D eigenvalue weighted by Crippen LogP contribution is -2.23. The molecule has 2 aromatic heterocycles. The first kappa shape index (κ1) is 14.3. The predicted octanol–water partition coefficient (Wildman–Crippen LogP) is 0.122. The van der Waals surface area contributed by atoms with Gasteiger partial charge in [0.2, 0.25) is 0 Å². The first-order chi connectivity index (χ1) is 9.52. The van der Waals surface area contributed by atoms with E-state index in [-0.39, 0.29) is 5.91 Å². The number of carbonyl (C=O) groups is 1. The van der Waals surface area contributed by atoms with E-state index in [1.165, 1.54) is 0 Å². The molecule has 7 nitrogen and oxygen atoms in total. The third kappa shape index (κ3) is 2.88. The zero-order valence-corrected chi connectivity index (χ0v) is 12.1. The van der Waals surface area contributed by atoms with Gasteiger partial charge in [-0.05, 0) is 13.8 Å². The van der Waals surface area contributed by atoms with Gasteiger partial charge in [-0.3, -0.25) is 9.48 Å². The molecule has 0 bridgehead atoms. The fourth-order valence-corrected chi connectivity index (χ4v) is 2.08. The molecule has 0 saturated heterocycles. The van der Waals surface area contributed by atoms with E-state index in [0.29, 0.717) is 25.3 Å². The van der Waals surface area contributed by atoms with Crippen LogP contribution in [-0.2, 0) is 20.1 Å². The van der Waals surface area contributed by atoms with Gasteiger partial charge in [-0.1, -0.05) is 0 Å². The van der Waals surface area contributed by atoms with Crippen molar-refractivity contribution in [3.05, 3.63) is 35.2 Å². The van der Waals surface area contributed by atoms with Gasteiger partial charge in [-0.2, -0.15) is 5.10 Å². The van der Waals surface area contributed by atoms with E-state index in [1.807, 2.05) is 25.6 Å². The molecule has 0 aromatic carbocycles. The van der Waals surface area contributed by atoms with Gasteiger partial charge in [0, 0.05) is 44.1 Å². The second-order valence-corrected chi connectivity index (χ2v) is 4.74. The molecular weight excluding hydrogens is 256 g/mol. The summed E-state index contributed by atoms with van der Waals surface area (Å²) in [5.74, 6) is -0.191. The van der Waals surface area contributed by atoms with Crippen LogP contribution in [0.5, 0.6) is 0 Å². The fourth-order valence-electron chi connectivity index (χ4n) is 2.08. The standard InChI is InChI=1S/C13H20N6O/c1-9-11(10(2)18(3)17-9)6-15-13(20)12-7-19(5-4-14)8-16-12/h7-8H,4-6,14H2,1-3H3,(H,15,20). The first-order valence-corrected chi connectivity index (χ1v) is 6.52. The highest BCUT2D eigenvalue weighted by atomic mass is 16.1. The molecule has 0 atom stereocenters. The molecule has 20 heavy (non-hydrogen) atoms. The van der Waals surface area contributed by atoms with Crippen LogP contribution in [-0.4, -0.2) is 31.8 Å². The van der Waals surface area contributed by atoms with Crippen molar-refractivity contribution in [1.82, 2.24) is 24.6 Å². The van der Waals surface area contributed by atoms with Crippen LogP contribution in [0.15, 0.2) is 12.5 Å². The molecule has 0 fully saturated rings. The normalized spacial score (nSPS) is 10.8. The Labute approximate surface area is 117 Å². The van der Waals surface area contributed by atoms with Gasteiger partial charge in [-0.15, -0.1) is 0 Å². The average molecular weight is 276 g/mol. The Bertz CT molecular complexity index is 612. The maximum atomic E-state index is 12.0. The van der Waals surface area contributed by atoms with Gasteiger partial charge in [0.15, 0.2) is 0 Å². The number of hydrogen-bond acceptors (Lipinski definition) is 4. The smallest absolute Gasteiger partial charge is 0.271 e. The molecule has 2 heterocycles. The summed E-state index contributed by atoms with van der Waals surface area (Å²) in [5.41, 5.74) is 8.88. The van der Waals surface area contributed by atoms with Crippen LogP contribution in [0.2, 0.25) is 0 Å². The minimum atomic E-state index is -0.191. The lowest BCUT2D eigenvalue weighted by Gasteiger charge is -2.04. The van der Waals surface area contributed by atoms with Crippen molar-refractivity contribution in [2.45, 2.75) is 26.9 Å². The zero-order chi connectivity index (χ0) is 14.7. The Morgan fingerprint density at radius 2 is 2.20 bits per heavy atom. The molecule has 0 aliphatic rings. The van der Waals surface area contributed by atoms with E-state index < -0.39 is 0 Å². The van der Waals surface area contributed by atoms with Crippen molar-refractivity contribution in [2.24, 2.45) is 12.8 Å². The average Bonchev–Trinajstić information content (AvgIpc) is 2.95. The number of nitrogens with zero attached hydrogens (tertiary/aromatic N) is 4. The summed E-state index contributed by atoms with van der Waals surface area (Å²) >= 11 is 0. The van der Waals surface area contributed by atoms with Gasteiger partial charge >= 0.3 is 0 Å². The summed E-state index contributed by atoms with van der Waals surface area (Å²) in [7, 11) is 1.89. The highest BCUT2D eigenvalue weighted by Gasteiger charge is 2.13. The van der Waals surface area contributed by atoms with Crippen LogP contribution in [0.4, 0.5) is 0 Å². The quantitative estimate of drug-likeness (QED) is 0.811. The van der Waals surface area contributed by atoms with Crippen molar-refractivity contribution in [3.8, 4) is 0 Å². The molecule has 108 valence electrons. The van der Waals surface area contributed by atoms with Crippen LogP contribution in [0.25, 0.3) is 0 Å². The summed E-state index contributed by atoms with van der Waals surface area (Å²) in [6.07, 6.45) is 3.31. The molecular formula is C13H20N6O. The fraction of sp³-hybridized carbons (Fsp3) is 0.462. The molecule has 2 rings (SSSR count). The van der Waals surface area contributed by atoms with E-state index in [0.717, 1.165) is 17.0 Å². The van der Waals surface area contributed by atoms with Gasteiger partial charge in [0.25, 0.3) is 5.91 Å². The van der Waals surface area contributed by atoms with Crippen LogP contribution in [0.3, 0.4) is 0 Å². The summed E-state index contributed by atoms with van der Waals surface area (Å²) in [5, 5.41) is 7.19. The molecule has 7 heteroatoms. The lowest BCUT2D eigenvalue weighted by molar-refractivity contribution is 0.0946. The number of nitrogens with one attached hydrogen (secondary N) is 1. The SMILES string of the molecule is Cc1nn(C)c(C)c1CNC(=O)c1cn(CCN)cn1. The highest BCUT2D eigenvalue weighted by Crippen LogP contribution is 2.11. The first-order valence-electron chi connectivity index (χ1n) is 6.52. The third-order valence-electron chi connectivity index (χ3n) is 3.34. The number of carbonyl (C=O) groups excluding carboxylic acids is 1. The molecule has 0 spiro atoms. The van der Waals surface area contributed by atoms with E-state index in [2.05, 4.69) is 15.4 Å². The summed E-state index contributed by atoms with van der Waals surface area (Å²) in [6, 6.07) is 0. The number of amides is 1. The number of aromatic nitrogens is 4. The molecule has 0 unspecified atom stereocenters. The minimum absolute atomic E-state index is 0.191. The molecule has 0 aliphatic heterocycles. The number of rotatable bonds is 5. The highest BCUT2D eigenvalue weighted by molar-refractivity contribution is 5.91. The Hall–Kier alpha value is -2.15. The van der Waals surface area contributed by atoms with Crippen LogP contribution < -0.4 is 11.1 Å². The Morgan fingerprint density at radius 3 is 2.80 bits per heavy atom. The maximum Gasteiger partial charge on any atom is 0.271 e. The van der Waals surface area contributed by atoms with E-state index >= 15 is 0 Å². The van der Waals surface area contributed by atoms with Crippen LogP contribution >= 0.6 is 0 Å². The van der Waals surface area contributed by atoms with Gasteiger partial charge in [0.05, 0.1) is 12.0 Å². The van der Waals surface area contributed by atoms with E-state index in [1.54, 1.807) is 17.1 Å². The molecule has 0 saturated carbocycles. The van der Waals surface area contributed by atoms with Crippen molar-refractivity contribution in [1.29, 1.82) is 0 Å². The maximum absolute atomic E-state index is 12.0. The summed E-state index contributed by atoms with van der Waals surface area (Å²) < 4.78 is 3.61. The van der Waals surface area contributed by atoms with Gasteiger partial charge in [0.1, 0.15) is 5.69 Å². The van der Waals surface area contributed by atoms with E-state index in [4.69, 9.17) is 5.73 Å².